The topological polar surface area (TPSA) is 115 Å². The first kappa shape index (κ1) is 28.5. The Morgan fingerprint density at radius 1 is 0.810 bits per heavy atom. The van der Waals surface area contributed by atoms with Crippen LogP contribution in [-0.4, -0.2) is 58.3 Å². The summed E-state index contributed by atoms with van der Waals surface area (Å²) in [5, 5.41) is 35.0. The fraction of sp³-hybridized carbons (Fsp3) is 0.281. The molecule has 10 nitrogen and oxygen atoms in total. The molecule has 220 valence electrons. The number of phenols is 2. The maximum Gasteiger partial charge on any atom is 0.241 e. The van der Waals surface area contributed by atoms with Gasteiger partial charge in [0, 0.05) is 73.8 Å². The number of imidazole rings is 1. The lowest BCUT2D eigenvalue weighted by atomic mass is 10.1. The molecule has 4 aromatic rings. The summed E-state index contributed by atoms with van der Waals surface area (Å²) in [5.41, 5.74) is 5.16. The van der Waals surface area contributed by atoms with Crippen molar-refractivity contribution in [1.29, 1.82) is 0 Å². The smallest absolute Gasteiger partial charge is 0.241 e. The molecule has 5 rings (SSSR count). The maximum atomic E-state index is 10.7. The van der Waals surface area contributed by atoms with Gasteiger partial charge in [0.15, 0.2) is 0 Å². The molecular weight excluding hydrogens is 528 g/mol. The van der Waals surface area contributed by atoms with Crippen molar-refractivity contribution in [2.45, 2.75) is 26.3 Å². The number of benzene rings is 3. The number of aryl methyl sites for hydroxylation is 1. The summed E-state index contributed by atoms with van der Waals surface area (Å²) in [4.78, 5) is 7.51. The van der Waals surface area contributed by atoms with Gasteiger partial charge in [0.1, 0.15) is 23.9 Å². The Hall–Kier alpha value is -4.99. The highest BCUT2D eigenvalue weighted by Crippen LogP contribution is 2.42. The van der Waals surface area contributed by atoms with E-state index in [1.165, 1.54) is 0 Å². The number of anilines is 6. The minimum absolute atomic E-state index is 0.0122. The summed E-state index contributed by atoms with van der Waals surface area (Å²) in [6, 6.07) is 17.6. The molecule has 0 atom stereocenters. The number of aromatic nitrogens is 2. The normalized spacial score (nSPS) is 12.5. The fourth-order valence-corrected chi connectivity index (χ4v) is 4.84. The van der Waals surface area contributed by atoms with Gasteiger partial charge in [-0.25, -0.2) is 4.57 Å². The molecule has 3 aromatic carbocycles. The average molecular weight is 570 g/mol. The number of H-pyrrole nitrogens is 1. The van der Waals surface area contributed by atoms with Gasteiger partial charge in [0.25, 0.3) is 0 Å². The number of rotatable bonds is 14. The summed E-state index contributed by atoms with van der Waals surface area (Å²) >= 11 is 0. The number of aromatic amines is 1. The Morgan fingerprint density at radius 2 is 1.38 bits per heavy atom. The molecule has 2 heterocycles. The molecular formula is C32H41N8O2+. The van der Waals surface area contributed by atoms with Gasteiger partial charge in [-0.15, -0.1) is 0 Å². The van der Waals surface area contributed by atoms with Gasteiger partial charge in [0.05, 0.1) is 24.6 Å². The summed E-state index contributed by atoms with van der Waals surface area (Å²) in [6.07, 6.45) is 12.2. The molecule has 0 saturated heterocycles. The Kier molecular flexibility index (Phi) is 9.23. The van der Waals surface area contributed by atoms with Crippen molar-refractivity contribution >= 4 is 34.1 Å². The van der Waals surface area contributed by atoms with Crippen molar-refractivity contribution in [1.82, 2.24) is 14.8 Å². The zero-order valence-electron chi connectivity index (χ0n) is 24.3. The van der Waals surface area contributed by atoms with Crippen molar-refractivity contribution in [3.05, 3.63) is 91.3 Å². The van der Waals surface area contributed by atoms with Gasteiger partial charge in [-0.05, 0) is 67.9 Å². The molecule has 1 aliphatic rings. The van der Waals surface area contributed by atoms with E-state index in [9.17, 15) is 10.2 Å². The molecule has 0 bridgehead atoms. The molecule has 0 fully saturated rings. The molecule has 1 aromatic heterocycles. The first-order chi connectivity index (χ1) is 20.4. The Balaban J connectivity index is 1.13. The number of aromatic hydroxyl groups is 2. The molecule has 0 saturated carbocycles. The Bertz CT molecular complexity index is 1450. The van der Waals surface area contributed by atoms with Crippen molar-refractivity contribution in [2.75, 3.05) is 54.6 Å². The number of nitrogens with zero attached hydrogens (tertiary/aromatic N) is 3. The van der Waals surface area contributed by atoms with E-state index in [1.54, 1.807) is 13.0 Å². The van der Waals surface area contributed by atoms with E-state index in [-0.39, 0.29) is 11.5 Å². The van der Waals surface area contributed by atoms with Gasteiger partial charge in [0.2, 0.25) is 6.33 Å². The lowest BCUT2D eigenvalue weighted by Gasteiger charge is -2.18. The zero-order valence-corrected chi connectivity index (χ0v) is 24.3. The Morgan fingerprint density at radius 3 is 1.90 bits per heavy atom. The van der Waals surface area contributed by atoms with Gasteiger partial charge >= 0.3 is 0 Å². The van der Waals surface area contributed by atoms with Gasteiger partial charge in [-0.2, -0.15) is 0 Å². The lowest BCUT2D eigenvalue weighted by Crippen LogP contribution is -2.31. The van der Waals surface area contributed by atoms with Crippen LogP contribution in [0.3, 0.4) is 0 Å². The molecule has 10 heteroatoms. The highest BCUT2D eigenvalue weighted by atomic mass is 16.3. The highest BCUT2D eigenvalue weighted by Gasteiger charge is 2.15. The first-order valence-corrected chi connectivity index (χ1v) is 14.4. The van der Waals surface area contributed by atoms with Crippen LogP contribution >= 0.6 is 0 Å². The van der Waals surface area contributed by atoms with E-state index in [2.05, 4.69) is 60.1 Å². The van der Waals surface area contributed by atoms with Crippen LogP contribution in [0.1, 0.15) is 18.4 Å². The molecule has 0 amide bonds. The van der Waals surface area contributed by atoms with E-state index in [4.69, 9.17) is 0 Å². The van der Waals surface area contributed by atoms with Crippen LogP contribution in [0.25, 0.3) is 0 Å². The summed E-state index contributed by atoms with van der Waals surface area (Å²) in [5.74, 6) is 0.0253. The molecule has 0 aliphatic carbocycles. The minimum atomic E-state index is 0.0122. The second kappa shape index (κ2) is 13.6. The molecule has 42 heavy (non-hydrogen) atoms. The molecule has 0 spiro atoms. The van der Waals surface area contributed by atoms with Crippen LogP contribution in [-0.2, 0) is 6.54 Å². The number of nitrogens with one attached hydrogen (secondary N) is 5. The van der Waals surface area contributed by atoms with E-state index in [0.29, 0.717) is 16.9 Å². The van der Waals surface area contributed by atoms with Crippen LogP contribution in [0.5, 0.6) is 11.5 Å². The van der Waals surface area contributed by atoms with Crippen LogP contribution in [0.2, 0.25) is 0 Å². The third-order valence-corrected chi connectivity index (χ3v) is 7.25. The quantitative estimate of drug-likeness (QED) is 0.0462. The van der Waals surface area contributed by atoms with Crippen LogP contribution in [0.15, 0.2) is 85.7 Å². The second-order valence-corrected chi connectivity index (χ2v) is 10.6. The van der Waals surface area contributed by atoms with E-state index in [1.807, 2.05) is 67.3 Å². The fourth-order valence-electron chi connectivity index (χ4n) is 4.84. The molecule has 7 N–H and O–H groups in total. The first-order valence-electron chi connectivity index (χ1n) is 14.4. The maximum absolute atomic E-state index is 10.7. The van der Waals surface area contributed by atoms with Crippen molar-refractivity contribution in [2.24, 2.45) is 0 Å². The predicted molar refractivity (Wildman–Crippen MR) is 170 cm³/mol. The SMILES string of the molecule is Cc1c(O)c(Nc2ccc(NCCCN3C=CN(C)C3)cc2)cc(Nc2ccc(NCCC[n+]3cc[nH]c3)cc2)c1O. The van der Waals surface area contributed by atoms with Crippen molar-refractivity contribution in [3.63, 3.8) is 0 Å². The number of hydrogen-bond donors (Lipinski definition) is 7. The molecule has 0 radical (unpaired) electrons. The lowest BCUT2D eigenvalue weighted by molar-refractivity contribution is -0.695. The highest BCUT2D eigenvalue weighted by molar-refractivity contribution is 5.80. The van der Waals surface area contributed by atoms with Crippen molar-refractivity contribution < 1.29 is 14.8 Å². The van der Waals surface area contributed by atoms with Crippen LogP contribution in [0.4, 0.5) is 34.1 Å². The second-order valence-electron chi connectivity index (χ2n) is 10.6. The standard InChI is InChI=1S/C32H40N8O2/c1-24-31(41)29(36-27-9-5-25(6-10-27)34-13-3-16-39-18-15-33-22-39)21-30(32(24)42)37-28-11-7-26(8-12-28)35-14-4-17-40-20-19-38(2)23-40/h5-12,15,18-22,34-37,41-42H,3-4,13-14,16-17,23H2,1-2H3/p+1. The third-order valence-electron chi connectivity index (χ3n) is 7.25. The predicted octanol–water partition coefficient (Wildman–Crippen LogP) is 5.49. The molecule has 0 unspecified atom stereocenters. The monoisotopic (exact) mass is 569 g/mol. The van der Waals surface area contributed by atoms with Crippen LogP contribution in [0, 0.1) is 6.92 Å². The van der Waals surface area contributed by atoms with E-state index >= 15 is 0 Å². The number of hydrogen-bond acceptors (Lipinski definition) is 8. The largest absolute Gasteiger partial charge is 0.505 e. The Labute approximate surface area is 247 Å². The minimum Gasteiger partial charge on any atom is -0.505 e. The van der Waals surface area contributed by atoms with Gasteiger partial charge in [-0.3, -0.25) is 4.98 Å². The average Bonchev–Trinajstić information content (AvgIpc) is 3.68. The van der Waals surface area contributed by atoms with E-state index < -0.39 is 0 Å². The summed E-state index contributed by atoms with van der Waals surface area (Å²) in [6.45, 7) is 6.35. The van der Waals surface area contributed by atoms with Crippen molar-refractivity contribution in [3.8, 4) is 11.5 Å². The number of phenolic OH excluding ortho intramolecular Hbond substituents is 2. The molecule has 1 aliphatic heterocycles. The summed E-state index contributed by atoms with van der Waals surface area (Å²) < 4.78 is 2.12. The summed E-state index contributed by atoms with van der Waals surface area (Å²) in [7, 11) is 2.08. The third kappa shape index (κ3) is 7.60. The van der Waals surface area contributed by atoms with Gasteiger partial charge < -0.3 is 41.3 Å². The van der Waals surface area contributed by atoms with E-state index in [0.717, 1.165) is 68.4 Å². The van der Waals surface area contributed by atoms with Gasteiger partial charge in [-0.1, -0.05) is 0 Å². The zero-order chi connectivity index (χ0) is 29.3. The van der Waals surface area contributed by atoms with Crippen LogP contribution < -0.4 is 25.8 Å².